The third-order valence-electron chi connectivity index (χ3n) is 5.69. The molecular weight excluding hydrogens is 442 g/mol. The van der Waals surface area contributed by atoms with Crippen molar-refractivity contribution in [2.24, 2.45) is 5.92 Å². The molecule has 0 atom stereocenters. The summed E-state index contributed by atoms with van der Waals surface area (Å²) in [6, 6.07) is 4.95. The minimum atomic E-state index is -3.57. The Kier molecular flexibility index (Phi) is 8.67. The van der Waals surface area contributed by atoms with Crippen LogP contribution in [0, 0.1) is 12.8 Å². The van der Waals surface area contributed by atoms with Crippen molar-refractivity contribution in [3.8, 4) is 5.75 Å². The number of sulfonamides is 1. The molecule has 0 radical (unpaired) electrons. The summed E-state index contributed by atoms with van der Waals surface area (Å²) >= 11 is 0. The van der Waals surface area contributed by atoms with E-state index in [1.54, 1.807) is 32.2 Å². The van der Waals surface area contributed by atoms with Crippen LogP contribution in [0.5, 0.6) is 5.75 Å². The van der Waals surface area contributed by atoms with E-state index in [2.05, 4.69) is 35.6 Å². The molecule has 0 amide bonds. The first-order valence-electron chi connectivity index (χ1n) is 11.5. The quantitative estimate of drug-likeness (QED) is 0.386. The van der Waals surface area contributed by atoms with Crippen molar-refractivity contribution < 1.29 is 13.2 Å². The second-order valence-electron chi connectivity index (χ2n) is 8.22. The first-order valence-corrected chi connectivity index (χ1v) is 13.0. The highest BCUT2D eigenvalue weighted by molar-refractivity contribution is 7.89. The van der Waals surface area contributed by atoms with E-state index in [9.17, 15) is 8.42 Å². The molecule has 1 aliphatic rings. The van der Waals surface area contributed by atoms with Crippen molar-refractivity contribution in [2.75, 3.05) is 42.7 Å². The summed E-state index contributed by atoms with van der Waals surface area (Å²) in [4.78, 5) is 13.5. The lowest BCUT2D eigenvalue weighted by atomic mass is 9.86. The lowest BCUT2D eigenvalue weighted by molar-refractivity contribution is 0.323. The largest absolute Gasteiger partial charge is 0.497 e. The number of rotatable bonds is 11. The zero-order valence-electron chi connectivity index (χ0n) is 19.8. The Hall–Kier alpha value is -2.66. The maximum atomic E-state index is 12.9. The molecule has 0 bridgehead atoms. The Morgan fingerprint density at radius 1 is 0.939 bits per heavy atom. The number of hydrogen-bond donors (Lipinski definition) is 4. The number of nitrogens with zero attached hydrogens (tertiary/aromatic N) is 3. The second kappa shape index (κ2) is 11.5. The molecule has 0 aliphatic heterocycles. The summed E-state index contributed by atoms with van der Waals surface area (Å²) in [5.41, 5.74) is 0.672. The number of nitrogens with one attached hydrogen (secondary N) is 4. The van der Waals surface area contributed by atoms with Gasteiger partial charge < -0.3 is 20.7 Å². The van der Waals surface area contributed by atoms with Crippen molar-refractivity contribution in [3.05, 3.63) is 23.8 Å². The van der Waals surface area contributed by atoms with E-state index in [4.69, 9.17) is 4.74 Å². The van der Waals surface area contributed by atoms with Crippen LogP contribution in [-0.2, 0) is 10.0 Å². The molecule has 4 N–H and O–H groups in total. The van der Waals surface area contributed by atoms with Gasteiger partial charge in [-0.3, -0.25) is 0 Å². The van der Waals surface area contributed by atoms with Crippen molar-refractivity contribution in [2.45, 2.75) is 57.4 Å². The SMILES string of the molecule is CCNc1nc(NCC)nc(NCC2CCC(NS(=O)(=O)c3ccc(OC)cc3C)CC2)n1. The highest BCUT2D eigenvalue weighted by Gasteiger charge is 2.27. The van der Waals surface area contributed by atoms with Crippen molar-refractivity contribution in [1.29, 1.82) is 0 Å². The molecular formula is C22H35N7O3S. The van der Waals surface area contributed by atoms with Crippen LogP contribution in [0.2, 0.25) is 0 Å². The Morgan fingerprint density at radius 2 is 1.52 bits per heavy atom. The van der Waals surface area contributed by atoms with E-state index in [-0.39, 0.29) is 6.04 Å². The second-order valence-corrected chi connectivity index (χ2v) is 9.90. The van der Waals surface area contributed by atoms with Gasteiger partial charge in [-0.15, -0.1) is 0 Å². The molecule has 11 heteroatoms. The van der Waals surface area contributed by atoms with Crippen LogP contribution >= 0.6 is 0 Å². The topological polar surface area (TPSA) is 130 Å². The number of anilines is 3. The lowest BCUT2D eigenvalue weighted by Gasteiger charge is -2.29. The first kappa shape index (κ1) is 25.0. The van der Waals surface area contributed by atoms with Crippen LogP contribution in [0.4, 0.5) is 17.8 Å². The molecule has 1 heterocycles. The minimum Gasteiger partial charge on any atom is -0.497 e. The number of aromatic nitrogens is 3. The Balaban J connectivity index is 1.53. The Morgan fingerprint density at radius 3 is 2.03 bits per heavy atom. The number of methoxy groups -OCH3 is 1. The van der Waals surface area contributed by atoms with E-state index >= 15 is 0 Å². The molecule has 10 nitrogen and oxygen atoms in total. The van der Waals surface area contributed by atoms with Gasteiger partial charge in [0.05, 0.1) is 12.0 Å². The molecule has 2 aromatic rings. The summed E-state index contributed by atoms with van der Waals surface area (Å²) in [6.07, 6.45) is 3.44. The number of aryl methyl sites for hydroxylation is 1. The van der Waals surface area contributed by atoms with E-state index in [0.29, 0.717) is 40.0 Å². The number of hydrogen-bond acceptors (Lipinski definition) is 9. The van der Waals surface area contributed by atoms with Crippen LogP contribution < -0.4 is 25.4 Å². The molecule has 1 aliphatic carbocycles. The molecule has 0 unspecified atom stereocenters. The van der Waals surface area contributed by atoms with Crippen LogP contribution in [-0.4, -0.2) is 56.2 Å². The Bertz CT molecular complexity index is 1000. The predicted molar refractivity (Wildman–Crippen MR) is 130 cm³/mol. The molecule has 3 rings (SSSR count). The third-order valence-corrected chi connectivity index (χ3v) is 7.37. The standard InChI is InChI=1S/C22H35N7O3S/c1-5-23-20-26-21(24-6-2)28-22(27-20)25-14-16-7-9-17(10-8-16)29-33(30,31)19-12-11-18(32-4)13-15(19)3/h11-13,16-17,29H,5-10,14H2,1-4H3,(H3,23,24,25,26,27,28). The van der Waals surface area contributed by atoms with E-state index in [0.717, 1.165) is 45.3 Å². The summed E-state index contributed by atoms with van der Waals surface area (Å²) in [5, 5.41) is 9.57. The van der Waals surface area contributed by atoms with Crippen molar-refractivity contribution in [1.82, 2.24) is 19.7 Å². The fraction of sp³-hybridized carbons (Fsp3) is 0.591. The van der Waals surface area contributed by atoms with Crippen LogP contribution in [0.1, 0.15) is 45.1 Å². The van der Waals surface area contributed by atoms with Gasteiger partial charge in [-0.1, -0.05) is 0 Å². The molecule has 0 saturated heterocycles. The summed E-state index contributed by atoms with van der Waals surface area (Å²) < 4.78 is 33.8. The average molecular weight is 478 g/mol. The molecule has 33 heavy (non-hydrogen) atoms. The molecule has 182 valence electrons. The van der Waals surface area contributed by atoms with E-state index in [1.165, 1.54) is 0 Å². The van der Waals surface area contributed by atoms with Gasteiger partial charge >= 0.3 is 0 Å². The fourth-order valence-electron chi connectivity index (χ4n) is 3.98. The maximum absolute atomic E-state index is 12.9. The summed E-state index contributed by atoms with van der Waals surface area (Å²) in [7, 11) is -2.00. The molecule has 1 aromatic carbocycles. The van der Waals surface area contributed by atoms with E-state index in [1.807, 2.05) is 13.8 Å². The highest BCUT2D eigenvalue weighted by Crippen LogP contribution is 2.27. The normalized spacial score (nSPS) is 18.5. The number of ether oxygens (including phenoxy) is 1. The van der Waals surface area contributed by atoms with Gasteiger partial charge in [0.2, 0.25) is 27.9 Å². The van der Waals surface area contributed by atoms with Crippen LogP contribution in [0.3, 0.4) is 0 Å². The molecule has 1 saturated carbocycles. The average Bonchev–Trinajstić information content (AvgIpc) is 2.78. The van der Waals surface area contributed by atoms with Crippen molar-refractivity contribution >= 4 is 27.9 Å². The lowest BCUT2D eigenvalue weighted by Crippen LogP contribution is -2.38. The Labute approximate surface area is 196 Å². The molecule has 0 spiro atoms. The first-order chi connectivity index (χ1) is 15.8. The summed E-state index contributed by atoms with van der Waals surface area (Å²) in [5.74, 6) is 2.69. The smallest absolute Gasteiger partial charge is 0.241 e. The minimum absolute atomic E-state index is 0.0642. The predicted octanol–water partition coefficient (Wildman–Crippen LogP) is 3.00. The zero-order valence-corrected chi connectivity index (χ0v) is 20.6. The molecule has 1 fully saturated rings. The molecule has 1 aromatic heterocycles. The zero-order chi connectivity index (χ0) is 23.8. The third kappa shape index (κ3) is 6.91. The van der Waals surface area contributed by atoms with Gasteiger partial charge in [-0.05, 0) is 76.1 Å². The van der Waals surface area contributed by atoms with Gasteiger partial charge in [0.1, 0.15) is 5.75 Å². The van der Waals surface area contributed by atoms with E-state index < -0.39 is 10.0 Å². The van der Waals surface area contributed by atoms with Gasteiger partial charge in [-0.2, -0.15) is 15.0 Å². The fourth-order valence-corrected chi connectivity index (χ4v) is 5.51. The van der Waals surface area contributed by atoms with Gasteiger partial charge in [0, 0.05) is 25.7 Å². The number of benzene rings is 1. The summed E-state index contributed by atoms with van der Waals surface area (Å²) in [6.45, 7) is 7.96. The highest BCUT2D eigenvalue weighted by atomic mass is 32.2. The van der Waals surface area contributed by atoms with Gasteiger partial charge in [0.25, 0.3) is 0 Å². The van der Waals surface area contributed by atoms with Gasteiger partial charge in [-0.25, -0.2) is 13.1 Å². The maximum Gasteiger partial charge on any atom is 0.241 e. The van der Waals surface area contributed by atoms with Crippen LogP contribution in [0.25, 0.3) is 0 Å². The van der Waals surface area contributed by atoms with Crippen LogP contribution in [0.15, 0.2) is 23.1 Å². The van der Waals surface area contributed by atoms with Crippen molar-refractivity contribution in [3.63, 3.8) is 0 Å². The monoisotopic (exact) mass is 477 g/mol. The van der Waals surface area contributed by atoms with Gasteiger partial charge in [0.15, 0.2) is 0 Å².